The molecule has 0 heterocycles. The van der Waals surface area contributed by atoms with E-state index in [9.17, 15) is 14.9 Å². The Morgan fingerprint density at radius 1 is 1.17 bits per heavy atom. The molecule has 4 aliphatic carbocycles. The number of carbonyl (C=O) groups is 2. The van der Waals surface area contributed by atoms with Crippen LogP contribution in [0.3, 0.4) is 0 Å². The van der Waals surface area contributed by atoms with Gasteiger partial charge >= 0.3 is 5.97 Å². The van der Waals surface area contributed by atoms with E-state index < -0.39 is 11.9 Å². The molecule has 6 nitrogen and oxygen atoms in total. The van der Waals surface area contributed by atoms with Crippen LogP contribution in [0.4, 0.5) is 0 Å². The summed E-state index contributed by atoms with van der Waals surface area (Å²) >= 11 is 0. The van der Waals surface area contributed by atoms with Gasteiger partial charge in [-0.3, -0.25) is 9.59 Å². The maximum atomic E-state index is 12.0. The molecular formula is C18H25N3O3. The van der Waals surface area contributed by atoms with Crippen molar-refractivity contribution in [1.29, 1.82) is 5.26 Å². The third-order valence-electron chi connectivity index (χ3n) is 5.78. The number of aliphatic carboxylic acids is 1. The van der Waals surface area contributed by atoms with Crippen LogP contribution in [-0.2, 0) is 9.59 Å². The van der Waals surface area contributed by atoms with Gasteiger partial charge < -0.3 is 15.7 Å². The van der Waals surface area contributed by atoms with Gasteiger partial charge in [-0.1, -0.05) is 0 Å². The topological polar surface area (TPSA) is 102 Å². The molecule has 24 heavy (non-hydrogen) atoms. The van der Waals surface area contributed by atoms with Gasteiger partial charge in [0.05, 0.1) is 0 Å². The number of hydrogen-bond acceptors (Lipinski definition) is 4. The van der Waals surface area contributed by atoms with Crippen molar-refractivity contribution in [3.8, 4) is 6.07 Å². The summed E-state index contributed by atoms with van der Waals surface area (Å²) in [7, 11) is 0. The average molecular weight is 331 g/mol. The SMILES string of the molecule is N#C/C(=C/NC12CC3CC(CC(C3)C1)C2)C(=O)NCCCC(=O)O. The second-order valence-electron chi connectivity index (χ2n) is 7.77. The van der Waals surface area contributed by atoms with Crippen LogP contribution in [0.5, 0.6) is 0 Å². The zero-order chi connectivity index (χ0) is 17.2. The molecule has 0 unspecified atom stereocenters. The molecule has 1 amide bonds. The lowest BCUT2D eigenvalue weighted by molar-refractivity contribution is -0.137. The third-order valence-corrected chi connectivity index (χ3v) is 5.78. The van der Waals surface area contributed by atoms with Crippen LogP contribution in [-0.4, -0.2) is 29.1 Å². The summed E-state index contributed by atoms with van der Waals surface area (Å²) < 4.78 is 0. The van der Waals surface area contributed by atoms with Crippen molar-refractivity contribution >= 4 is 11.9 Å². The van der Waals surface area contributed by atoms with Gasteiger partial charge in [-0.15, -0.1) is 0 Å². The van der Waals surface area contributed by atoms with E-state index >= 15 is 0 Å². The molecule has 4 aliphatic rings. The van der Waals surface area contributed by atoms with Gasteiger partial charge in [0.25, 0.3) is 5.91 Å². The molecule has 4 bridgehead atoms. The fraction of sp³-hybridized carbons (Fsp3) is 0.722. The van der Waals surface area contributed by atoms with E-state index in [1.54, 1.807) is 6.20 Å². The van der Waals surface area contributed by atoms with E-state index in [2.05, 4.69) is 10.6 Å². The van der Waals surface area contributed by atoms with Gasteiger partial charge in [-0.2, -0.15) is 5.26 Å². The average Bonchev–Trinajstić information content (AvgIpc) is 2.50. The highest BCUT2D eigenvalue weighted by atomic mass is 16.4. The van der Waals surface area contributed by atoms with Crippen LogP contribution >= 0.6 is 0 Å². The van der Waals surface area contributed by atoms with E-state index in [-0.39, 0.29) is 24.1 Å². The molecule has 0 atom stereocenters. The summed E-state index contributed by atoms with van der Waals surface area (Å²) in [5, 5.41) is 23.9. The first-order valence-corrected chi connectivity index (χ1v) is 8.87. The maximum Gasteiger partial charge on any atom is 0.303 e. The number of nitrogens with zero attached hydrogens (tertiary/aromatic N) is 1. The number of hydrogen-bond donors (Lipinski definition) is 3. The predicted molar refractivity (Wildman–Crippen MR) is 87.6 cm³/mol. The summed E-state index contributed by atoms with van der Waals surface area (Å²) in [6.45, 7) is 0.265. The molecule has 4 fully saturated rings. The van der Waals surface area contributed by atoms with Crippen LogP contribution in [0.2, 0.25) is 0 Å². The van der Waals surface area contributed by atoms with E-state index in [0.29, 0.717) is 6.42 Å². The summed E-state index contributed by atoms with van der Waals surface area (Å²) in [4.78, 5) is 22.5. The summed E-state index contributed by atoms with van der Waals surface area (Å²) in [5.41, 5.74) is 0.140. The fourth-order valence-electron chi connectivity index (χ4n) is 5.20. The lowest BCUT2D eigenvalue weighted by Crippen LogP contribution is -2.57. The fourth-order valence-corrected chi connectivity index (χ4v) is 5.20. The van der Waals surface area contributed by atoms with Crippen LogP contribution in [0, 0.1) is 29.1 Å². The van der Waals surface area contributed by atoms with Gasteiger partial charge in [0, 0.05) is 24.7 Å². The first-order valence-electron chi connectivity index (χ1n) is 8.87. The number of rotatable bonds is 7. The van der Waals surface area contributed by atoms with Gasteiger partial charge in [0.2, 0.25) is 0 Å². The van der Waals surface area contributed by atoms with E-state index in [1.807, 2.05) is 6.07 Å². The Kier molecular flexibility index (Phi) is 4.79. The standard InChI is InChI=1S/C18H25N3O3/c19-10-15(17(24)20-3-1-2-16(22)23)11-21-18-7-12-4-13(8-18)6-14(5-12)9-18/h11-14,21H,1-9H2,(H,20,24)(H,22,23)/b15-11-. The zero-order valence-corrected chi connectivity index (χ0v) is 13.9. The highest BCUT2D eigenvalue weighted by Crippen LogP contribution is 2.55. The second-order valence-corrected chi connectivity index (χ2v) is 7.77. The second kappa shape index (κ2) is 6.84. The largest absolute Gasteiger partial charge is 0.481 e. The third kappa shape index (κ3) is 3.72. The Bertz CT molecular complexity index is 556. The van der Waals surface area contributed by atoms with Gasteiger partial charge in [0.1, 0.15) is 11.6 Å². The molecule has 0 aromatic heterocycles. The molecule has 0 aliphatic heterocycles. The van der Waals surface area contributed by atoms with Crippen molar-refractivity contribution in [3.05, 3.63) is 11.8 Å². The molecular weight excluding hydrogens is 306 g/mol. The lowest BCUT2D eigenvalue weighted by atomic mass is 9.53. The van der Waals surface area contributed by atoms with Crippen molar-refractivity contribution in [2.45, 2.75) is 56.9 Å². The Balaban J connectivity index is 1.55. The molecule has 6 heteroatoms. The number of carbonyl (C=O) groups excluding carboxylic acids is 1. The molecule has 3 N–H and O–H groups in total. The lowest BCUT2D eigenvalue weighted by Gasteiger charge is -2.56. The minimum absolute atomic E-state index is 0.0113. The highest BCUT2D eigenvalue weighted by Gasteiger charge is 2.50. The number of carboxylic acid groups (broad SMARTS) is 1. The normalized spacial score (nSPS) is 33.8. The number of amides is 1. The zero-order valence-electron chi connectivity index (χ0n) is 13.9. The van der Waals surface area contributed by atoms with Crippen LogP contribution in [0.15, 0.2) is 11.8 Å². The van der Waals surface area contributed by atoms with Crippen LogP contribution in [0.25, 0.3) is 0 Å². The Morgan fingerprint density at radius 2 is 1.75 bits per heavy atom. The number of carboxylic acids is 1. The first kappa shape index (κ1) is 16.8. The van der Waals surface area contributed by atoms with Crippen LogP contribution < -0.4 is 10.6 Å². The van der Waals surface area contributed by atoms with Crippen molar-refractivity contribution in [1.82, 2.24) is 10.6 Å². The summed E-state index contributed by atoms with van der Waals surface area (Å²) in [5.74, 6) is 1.08. The maximum absolute atomic E-state index is 12.0. The smallest absolute Gasteiger partial charge is 0.303 e. The Hall–Kier alpha value is -2.03. The van der Waals surface area contributed by atoms with Crippen molar-refractivity contribution in [3.63, 3.8) is 0 Å². The monoisotopic (exact) mass is 331 g/mol. The molecule has 0 aromatic rings. The van der Waals surface area contributed by atoms with Gasteiger partial charge in [0.15, 0.2) is 0 Å². The first-order chi connectivity index (χ1) is 11.5. The van der Waals surface area contributed by atoms with Crippen molar-refractivity contribution < 1.29 is 14.7 Å². The minimum atomic E-state index is -0.885. The highest BCUT2D eigenvalue weighted by molar-refractivity contribution is 5.97. The van der Waals surface area contributed by atoms with E-state index in [4.69, 9.17) is 5.11 Å². The molecule has 0 radical (unpaired) electrons. The number of nitriles is 1. The molecule has 0 aromatic carbocycles. The summed E-state index contributed by atoms with van der Waals surface area (Å²) in [6, 6.07) is 1.95. The quantitative estimate of drug-likeness (QED) is 0.376. The van der Waals surface area contributed by atoms with Gasteiger partial charge in [-0.05, 0) is 62.7 Å². The molecule has 0 saturated heterocycles. The Morgan fingerprint density at radius 3 is 2.25 bits per heavy atom. The van der Waals surface area contributed by atoms with E-state index in [0.717, 1.165) is 37.0 Å². The molecule has 4 saturated carbocycles. The molecule has 4 rings (SSSR count). The van der Waals surface area contributed by atoms with Gasteiger partial charge in [-0.25, -0.2) is 0 Å². The molecule has 0 spiro atoms. The summed E-state index contributed by atoms with van der Waals surface area (Å²) in [6.07, 6.45) is 9.44. The van der Waals surface area contributed by atoms with Crippen molar-refractivity contribution in [2.75, 3.05) is 6.54 Å². The Labute approximate surface area is 142 Å². The van der Waals surface area contributed by atoms with Crippen molar-refractivity contribution in [2.24, 2.45) is 17.8 Å². The van der Waals surface area contributed by atoms with E-state index in [1.165, 1.54) is 19.3 Å². The predicted octanol–water partition coefficient (Wildman–Crippen LogP) is 1.93. The number of nitrogens with one attached hydrogen (secondary N) is 2. The molecule has 130 valence electrons. The minimum Gasteiger partial charge on any atom is -0.481 e. The van der Waals surface area contributed by atoms with Crippen LogP contribution in [0.1, 0.15) is 51.4 Å².